The van der Waals surface area contributed by atoms with E-state index in [-0.39, 0.29) is 6.61 Å². The predicted molar refractivity (Wildman–Crippen MR) is 75.9 cm³/mol. The molecule has 4 nitrogen and oxygen atoms in total. The van der Waals surface area contributed by atoms with Gasteiger partial charge in [0.15, 0.2) is 0 Å². The highest BCUT2D eigenvalue weighted by molar-refractivity contribution is 5.13. The first kappa shape index (κ1) is 16.1. The summed E-state index contributed by atoms with van der Waals surface area (Å²) < 4.78 is 5.51. The van der Waals surface area contributed by atoms with Crippen LogP contribution in [0.5, 0.6) is 0 Å². The monoisotopic (exact) mass is 267 g/mol. The summed E-state index contributed by atoms with van der Waals surface area (Å²) in [5.74, 6) is 0. The van der Waals surface area contributed by atoms with E-state index in [0.29, 0.717) is 19.8 Å². The number of hydrogen-bond donors (Lipinski definition) is 2. The van der Waals surface area contributed by atoms with Crippen molar-refractivity contribution in [1.29, 1.82) is 0 Å². The van der Waals surface area contributed by atoms with Crippen molar-refractivity contribution in [1.82, 2.24) is 4.90 Å². The Hall–Kier alpha value is -0.940. The second-order valence-electron chi connectivity index (χ2n) is 4.62. The highest BCUT2D eigenvalue weighted by atomic mass is 16.5. The molecule has 1 rings (SSSR count). The molecule has 0 radical (unpaired) electrons. The Bertz CT molecular complexity index is 318. The Balaban J connectivity index is 2.17. The van der Waals surface area contributed by atoms with Crippen molar-refractivity contribution in [3.8, 4) is 0 Å². The van der Waals surface area contributed by atoms with Gasteiger partial charge in [0.25, 0.3) is 0 Å². The largest absolute Gasteiger partial charge is 0.396 e. The van der Waals surface area contributed by atoms with Gasteiger partial charge in [0.05, 0.1) is 19.3 Å². The summed E-state index contributed by atoms with van der Waals surface area (Å²) in [7, 11) is 0. The van der Waals surface area contributed by atoms with Crippen molar-refractivity contribution in [2.24, 2.45) is 0 Å². The summed E-state index contributed by atoms with van der Waals surface area (Å²) in [6.45, 7) is 5.38. The third-order valence-electron chi connectivity index (χ3n) is 2.97. The number of hydrogen-bond acceptors (Lipinski definition) is 4. The molecule has 0 aliphatic heterocycles. The van der Waals surface area contributed by atoms with Gasteiger partial charge in [-0.2, -0.15) is 0 Å². The van der Waals surface area contributed by atoms with Gasteiger partial charge in [-0.05, 0) is 18.5 Å². The van der Waals surface area contributed by atoms with E-state index in [0.717, 1.165) is 25.1 Å². The number of rotatable bonds is 10. The maximum atomic E-state index is 9.90. The van der Waals surface area contributed by atoms with Gasteiger partial charge in [0, 0.05) is 19.7 Å². The zero-order valence-corrected chi connectivity index (χ0v) is 11.7. The van der Waals surface area contributed by atoms with Crippen LogP contribution in [0.25, 0.3) is 0 Å². The molecule has 0 saturated heterocycles. The van der Waals surface area contributed by atoms with E-state index >= 15 is 0 Å². The molecule has 0 aromatic heterocycles. The smallest absolute Gasteiger partial charge is 0.0900 e. The molecule has 4 heteroatoms. The maximum Gasteiger partial charge on any atom is 0.0900 e. The highest BCUT2D eigenvalue weighted by Crippen LogP contribution is 2.02. The third-order valence-corrected chi connectivity index (χ3v) is 2.97. The van der Waals surface area contributed by atoms with Gasteiger partial charge in [0.2, 0.25) is 0 Å². The van der Waals surface area contributed by atoms with E-state index in [2.05, 4.69) is 11.8 Å². The minimum atomic E-state index is -0.484. The second kappa shape index (κ2) is 9.92. The summed E-state index contributed by atoms with van der Waals surface area (Å²) in [4.78, 5) is 2.12. The normalized spacial score (nSPS) is 12.8. The van der Waals surface area contributed by atoms with Crippen molar-refractivity contribution in [2.75, 3.05) is 32.8 Å². The molecule has 0 fully saturated rings. The lowest BCUT2D eigenvalue weighted by Gasteiger charge is -2.23. The maximum absolute atomic E-state index is 9.90. The van der Waals surface area contributed by atoms with Crippen molar-refractivity contribution >= 4 is 0 Å². The summed E-state index contributed by atoms with van der Waals surface area (Å²) in [5.41, 5.74) is 1.11. The molecule has 1 atom stereocenters. The first-order chi connectivity index (χ1) is 9.26. The quantitative estimate of drug-likeness (QED) is 0.670. The zero-order chi connectivity index (χ0) is 13.9. The van der Waals surface area contributed by atoms with E-state index < -0.39 is 6.10 Å². The van der Waals surface area contributed by atoms with Gasteiger partial charge in [-0.25, -0.2) is 0 Å². The molecule has 0 aliphatic carbocycles. The lowest BCUT2D eigenvalue weighted by Crippen LogP contribution is -2.35. The fraction of sp³-hybridized carbons (Fsp3) is 0.600. The van der Waals surface area contributed by atoms with Crippen LogP contribution in [-0.2, 0) is 11.3 Å². The molecule has 0 spiro atoms. The Labute approximate surface area is 115 Å². The standard InChI is InChI=1S/C15H25NO3/c1-2-16(9-6-10-17)11-15(18)13-19-12-14-7-4-3-5-8-14/h3-5,7-8,15,17-18H,2,6,9-13H2,1H3. The molecular weight excluding hydrogens is 242 g/mol. The van der Waals surface area contributed by atoms with E-state index in [9.17, 15) is 5.11 Å². The van der Waals surface area contributed by atoms with Gasteiger partial charge in [0.1, 0.15) is 0 Å². The number of nitrogens with zero attached hydrogens (tertiary/aromatic N) is 1. The van der Waals surface area contributed by atoms with Gasteiger partial charge < -0.3 is 19.8 Å². The molecule has 0 amide bonds. The summed E-state index contributed by atoms with van der Waals surface area (Å²) in [6.07, 6.45) is 0.258. The molecule has 108 valence electrons. The number of ether oxygens (including phenoxy) is 1. The van der Waals surface area contributed by atoms with Gasteiger partial charge in [-0.3, -0.25) is 0 Å². The molecule has 0 bridgehead atoms. The highest BCUT2D eigenvalue weighted by Gasteiger charge is 2.10. The third kappa shape index (κ3) is 7.28. The van der Waals surface area contributed by atoms with Crippen molar-refractivity contribution in [3.05, 3.63) is 35.9 Å². The van der Waals surface area contributed by atoms with Crippen molar-refractivity contribution in [3.63, 3.8) is 0 Å². The van der Waals surface area contributed by atoms with Crippen LogP contribution < -0.4 is 0 Å². The fourth-order valence-electron chi connectivity index (χ4n) is 1.91. The average molecular weight is 267 g/mol. The number of likely N-dealkylation sites (N-methyl/N-ethyl adjacent to an activating group) is 1. The van der Waals surface area contributed by atoms with Crippen LogP contribution in [0.2, 0.25) is 0 Å². The van der Waals surface area contributed by atoms with Crippen LogP contribution in [0.3, 0.4) is 0 Å². The number of aliphatic hydroxyl groups excluding tert-OH is 2. The number of aliphatic hydroxyl groups is 2. The Morgan fingerprint density at radius 3 is 2.63 bits per heavy atom. The second-order valence-corrected chi connectivity index (χ2v) is 4.62. The molecular formula is C15H25NO3. The van der Waals surface area contributed by atoms with E-state index in [1.54, 1.807) is 0 Å². The SMILES string of the molecule is CCN(CCCO)CC(O)COCc1ccccc1. The Kier molecular flexibility index (Phi) is 8.41. The topological polar surface area (TPSA) is 52.9 Å². The van der Waals surface area contributed by atoms with Gasteiger partial charge in [-0.1, -0.05) is 37.3 Å². The molecule has 1 unspecified atom stereocenters. The zero-order valence-electron chi connectivity index (χ0n) is 11.7. The van der Waals surface area contributed by atoms with Crippen LogP contribution in [-0.4, -0.2) is 54.1 Å². The minimum absolute atomic E-state index is 0.192. The van der Waals surface area contributed by atoms with Crippen LogP contribution in [0, 0.1) is 0 Å². The van der Waals surface area contributed by atoms with Crippen LogP contribution in [0.1, 0.15) is 18.9 Å². The first-order valence-electron chi connectivity index (χ1n) is 6.89. The minimum Gasteiger partial charge on any atom is -0.396 e. The Morgan fingerprint density at radius 1 is 1.26 bits per heavy atom. The summed E-state index contributed by atoms with van der Waals surface area (Å²) in [6, 6.07) is 9.93. The lowest BCUT2D eigenvalue weighted by molar-refractivity contribution is 0.00993. The summed E-state index contributed by atoms with van der Waals surface area (Å²) >= 11 is 0. The van der Waals surface area contributed by atoms with E-state index in [1.807, 2.05) is 30.3 Å². The van der Waals surface area contributed by atoms with Crippen LogP contribution in [0.15, 0.2) is 30.3 Å². The van der Waals surface area contributed by atoms with E-state index in [4.69, 9.17) is 9.84 Å². The first-order valence-corrected chi connectivity index (χ1v) is 6.89. The Morgan fingerprint density at radius 2 is 2.00 bits per heavy atom. The molecule has 0 aliphatic rings. The van der Waals surface area contributed by atoms with Crippen LogP contribution >= 0.6 is 0 Å². The fourth-order valence-corrected chi connectivity index (χ4v) is 1.91. The average Bonchev–Trinajstić information content (AvgIpc) is 2.44. The molecule has 1 aromatic carbocycles. The number of benzene rings is 1. The summed E-state index contributed by atoms with van der Waals surface area (Å²) in [5, 5.41) is 18.7. The van der Waals surface area contributed by atoms with Crippen molar-refractivity contribution < 1.29 is 14.9 Å². The molecule has 0 heterocycles. The molecule has 0 saturated carbocycles. The molecule has 19 heavy (non-hydrogen) atoms. The lowest BCUT2D eigenvalue weighted by atomic mass is 10.2. The van der Waals surface area contributed by atoms with E-state index in [1.165, 1.54) is 0 Å². The van der Waals surface area contributed by atoms with Gasteiger partial charge in [-0.15, -0.1) is 0 Å². The van der Waals surface area contributed by atoms with Gasteiger partial charge >= 0.3 is 0 Å². The molecule has 2 N–H and O–H groups in total. The molecule has 1 aromatic rings. The van der Waals surface area contributed by atoms with Crippen molar-refractivity contribution in [2.45, 2.75) is 26.1 Å². The predicted octanol–water partition coefficient (Wildman–Crippen LogP) is 1.27. The van der Waals surface area contributed by atoms with Crippen LogP contribution in [0.4, 0.5) is 0 Å².